The minimum atomic E-state index is 0.112. The predicted octanol–water partition coefficient (Wildman–Crippen LogP) is 2.34. The molecule has 0 saturated carbocycles. The maximum Gasteiger partial charge on any atom is 0.254 e. The normalized spacial score (nSPS) is 12.7. The smallest absolute Gasteiger partial charge is 0.254 e. The van der Waals surface area contributed by atoms with Crippen LogP contribution in [0, 0.1) is 0 Å². The van der Waals surface area contributed by atoms with Gasteiger partial charge >= 0.3 is 0 Å². The van der Waals surface area contributed by atoms with Crippen molar-refractivity contribution < 1.29 is 0 Å². The number of rotatable bonds is 3. The van der Waals surface area contributed by atoms with Crippen LogP contribution in [-0.2, 0) is 20.0 Å². The van der Waals surface area contributed by atoms with Gasteiger partial charge in [-0.05, 0) is 30.2 Å². The summed E-state index contributed by atoms with van der Waals surface area (Å²) in [4.78, 5) is 12.1. The van der Waals surface area contributed by atoms with E-state index in [9.17, 15) is 4.79 Å². The van der Waals surface area contributed by atoms with Crippen LogP contribution in [0.25, 0.3) is 17.2 Å². The average Bonchev–Trinajstić information content (AvgIpc) is 2.94. The molecule has 0 amide bonds. The van der Waals surface area contributed by atoms with Crippen molar-refractivity contribution in [2.45, 2.75) is 13.0 Å². The van der Waals surface area contributed by atoms with Crippen LogP contribution in [0.4, 0.5) is 0 Å². The molecule has 0 fully saturated rings. The average molecular weight is 266 g/mol. The molecule has 0 aliphatic heterocycles. The Kier molecular flexibility index (Phi) is 3.28. The number of fused-ring (bicyclic) bond motifs is 1. The largest absolute Gasteiger partial charge is 0.318 e. The highest BCUT2D eigenvalue weighted by Crippen LogP contribution is 2.29. The fraction of sp³-hybridized carbons (Fsp3) is 0.235. The summed E-state index contributed by atoms with van der Waals surface area (Å²) in [5.74, 6) is 0. The lowest BCUT2D eigenvalue weighted by Gasteiger charge is -2.11. The number of pyridine rings is 1. The standard InChI is InChI=1S/C17H18N2O/c1-18-10-12-6-8-13(9-7-12)16-11-19(2)17(20)15-5-3-4-14(15)16/h3-4,6-9,11,18H,5,10H2,1-2H3. The molecule has 1 aliphatic carbocycles. The van der Waals surface area contributed by atoms with Crippen LogP contribution < -0.4 is 10.9 Å². The molecule has 0 saturated heterocycles. The summed E-state index contributed by atoms with van der Waals surface area (Å²) in [6.07, 6.45) is 6.80. The van der Waals surface area contributed by atoms with Crippen LogP contribution in [-0.4, -0.2) is 11.6 Å². The van der Waals surface area contributed by atoms with Gasteiger partial charge in [-0.15, -0.1) is 0 Å². The monoisotopic (exact) mass is 266 g/mol. The molecule has 20 heavy (non-hydrogen) atoms. The number of allylic oxidation sites excluding steroid dienone is 1. The van der Waals surface area contributed by atoms with E-state index in [1.807, 2.05) is 20.3 Å². The molecular formula is C17H18N2O. The molecule has 0 unspecified atom stereocenters. The van der Waals surface area contributed by atoms with E-state index in [1.54, 1.807) is 4.57 Å². The van der Waals surface area contributed by atoms with Gasteiger partial charge in [0.05, 0.1) is 0 Å². The lowest BCUT2D eigenvalue weighted by atomic mass is 9.98. The first-order chi connectivity index (χ1) is 9.70. The number of benzene rings is 1. The van der Waals surface area contributed by atoms with Crippen LogP contribution in [0.15, 0.2) is 41.3 Å². The molecule has 3 nitrogen and oxygen atoms in total. The summed E-state index contributed by atoms with van der Waals surface area (Å²) in [7, 11) is 3.76. The van der Waals surface area contributed by atoms with Crippen LogP contribution in [0.5, 0.6) is 0 Å². The fourth-order valence-corrected chi connectivity index (χ4v) is 2.73. The van der Waals surface area contributed by atoms with E-state index >= 15 is 0 Å². The zero-order valence-corrected chi connectivity index (χ0v) is 11.8. The van der Waals surface area contributed by atoms with Crippen molar-refractivity contribution in [1.29, 1.82) is 0 Å². The Hall–Kier alpha value is -2.13. The van der Waals surface area contributed by atoms with Gasteiger partial charge in [0.2, 0.25) is 0 Å². The van der Waals surface area contributed by atoms with E-state index in [0.717, 1.165) is 35.2 Å². The molecule has 0 radical (unpaired) electrons. The quantitative estimate of drug-likeness (QED) is 0.925. The molecule has 1 N–H and O–H groups in total. The summed E-state index contributed by atoms with van der Waals surface area (Å²) in [6, 6.07) is 8.50. The number of aromatic nitrogens is 1. The van der Waals surface area contributed by atoms with Gasteiger partial charge in [0.1, 0.15) is 0 Å². The van der Waals surface area contributed by atoms with E-state index in [4.69, 9.17) is 0 Å². The molecule has 3 heteroatoms. The number of hydrogen-bond donors (Lipinski definition) is 1. The molecule has 1 aromatic heterocycles. The molecule has 1 aromatic carbocycles. The van der Waals surface area contributed by atoms with Gasteiger partial charge in [0, 0.05) is 30.9 Å². The molecule has 1 heterocycles. The SMILES string of the molecule is CNCc1ccc(-c2cn(C)c(=O)c3c2C=CC3)cc1. The molecule has 0 atom stereocenters. The Morgan fingerprint density at radius 3 is 2.70 bits per heavy atom. The van der Waals surface area contributed by atoms with Gasteiger partial charge in [-0.25, -0.2) is 0 Å². The minimum absolute atomic E-state index is 0.112. The fourth-order valence-electron chi connectivity index (χ4n) is 2.73. The number of hydrogen-bond acceptors (Lipinski definition) is 2. The van der Waals surface area contributed by atoms with Gasteiger partial charge in [-0.2, -0.15) is 0 Å². The zero-order chi connectivity index (χ0) is 14.1. The van der Waals surface area contributed by atoms with Gasteiger partial charge in [0.15, 0.2) is 0 Å². The Morgan fingerprint density at radius 1 is 1.25 bits per heavy atom. The number of nitrogens with zero attached hydrogens (tertiary/aromatic N) is 1. The summed E-state index contributed by atoms with van der Waals surface area (Å²) in [6.45, 7) is 0.867. The molecule has 2 aromatic rings. The van der Waals surface area contributed by atoms with Crippen molar-refractivity contribution >= 4 is 6.08 Å². The molecule has 0 bridgehead atoms. The molecule has 3 rings (SSSR count). The summed E-state index contributed by atoms with van der Waals surface area (Å²) in [5.41, 5.74) is 5.64. The third kappa shape index (κ3) is 2.10. The summed E-state index contributed by atoms with van der Waals surface area (Å²) >= 11 is 0. The van der Waals surface area contributed by atoms with Gasteiger partial charge in [-0.3, -0.25) is 4.79 Å². The Balaban J connectivity index is 2.11. The van der Waals surface area contributed by atoms with Crippen LogP contribution >= 0.6 is 0 Å². The van der Waals surface area contributed by atoms with Crippen LogP contribution in [0.3, 0.4) is 0 Å². The van der Waals surface area contributed by atoms with Crippen molar-refractivity contribution in [3.05, 3.63) is 63.6 Å². The first kappa shape index (κ1) is 12.9. The van der Waals surface area contributed by atoms with Gasteiger partial charge in [-0.1, -0.05) is 36.4 Å². The van der Waals surface area contributed by atoms with Crippen molar-refractivity contribution in [2.24, 2.45) is 7.05 Å². The first-order valence-electron chi connectivity index (χ1n) is 6.83. The van der Waals surface area contributed by atoms with E-state index in [-0.39, 0.29) is 5.56 Å². The first-order valence-corrected chi connectivity index (χ1v) is 6.83. The van der Waals surface area contributed by atoms with Crippen molar-refractivity contribution in [1.82, 2.24) is 9.88 Å². The maximum absolute atomic E-state index is 12.1. The van der Waals surface area contributed by atoms with Crippen molar-refractivity contribution in [3.63, 3.8) is 0 Å². The van der Waals surface area contributed by atoms with Crippen molar-refractivity contribution in [3.8, 4) is 11.1 Å². The maximum atomic E-state index is 12.1. The third-order valence-electron chi connectivity index (χ3n) is 3.77. The lowest BCUT2D eigenvalue weighted by molar-refractivity contribution is 0.818. The van der Waals surface area contributed by atoms with Gasteiger partial charge < -0.3 is 9.88 Å². The Labute approximate surface area is 118 Å². The minimum Gasteiger partial charge on any atom is -0.318 e. The number of nitrogens with one attached hydrogen (secondary N) is 1. The van der Waals surface area contributed by atoms with E-state index < -0.39 is 0 Å². The highest BCUT2D eigenvalue weighted by atomic mass is 16.1. The molecule has 1 aliphatic rings. The Morgan fingerprint density at radius 2 is 2.00 bits per heavy atom. The summed E-state index contributed by atoms with van der Waals surface area (Å²) in [5, 5.41) is 3.14. The second kappa shape index (κ2) is 5.10. The number of aryl methyl sites for hydroxylation is 1. The molecular weight excluding hydrogens is 248 g/mol. The van der Waals surface area contributed by atoms with E-state index in [0.29, 0.717) is 0 Å². The lowest BCUT2D eigenvalue weighted by Crippen LogP contribution is -2.21. The second-order valence-electron chi connectivity index (χ2n) is 5.18. The second-order valence-corrected chi connectivity index (χ2v) is 5.18. The van der Waals surface area contributed by atoms with E-state index in [1.165, 1.54) is 5.56 Å². The highest BCUT2D eigenvalue weighted by molar-refractivity contribution is 5.78. The van der Waals surface area contributed by atoms with Crippen LogP contribution in [0.1, 0.15) is 16.7 Å². The molecule has 102 valence electrons. The van der Waals surface area contributed by atoms with Crippen LogP contribution in [0.2, 0.25) is 0 Å². The zero-order valence-electron chi connectivity index (χ0n) is 11.8. The van der Waals surface area contributed by atoms with E-state index in [2.05, 4.69) is 41.7 Å². The third-order valence-corrected chi connectivity index (χ3v) is 3.77. The highest BCUT2D eigenvalue weighted by Gasteiger charge is 2.16. The summed E-state index contributed by atoms with van der Waals surface area (Å²) < 4.78 is 1.68. The van der Waals surface area contributed by atoms with Crippen molar-refractivity contribution in [2.75, 3.05) is 7.05 Å². The Bertz CT molecular complexity index is 724. The predicted molar refractivity (Wildman–Crippen MR) is 82.6 cm³/mol. The van der Waals surface area contributed by atoms with Gasteiger partial charge in [0.25, 0.3) is 5.56 Å². The topological polar surface area (TPSA) is 34.0 Å². The molecule has 0 spiro atoms.